The van der Waals surface area contributed by atoms with Crippen LogP contribution in [0.2, 0.25) is 5.02 Å². The minimum Gasteiger partial charge on any atom is -0.398 e. The number of aromatic nitrogens is 1. The fourth-order valence-electron chi connectivity index (χ4n) is 5.98. The van der Waals surface area contributed by atoms with Crippen molar-refractivity contribution in [1.29, 1.82) is 0 Å². The summed E-state index contributed by atoms with van der Waals surface area (Å²) in [7, 11) is 0. The van der Waals surface area contributed by atoms with E-state index in [4.69, 9.17) is 17.3 Å². The molecule has 1 amide bonds. The Morgan fingerprint density at radius 2 is 1.56 bits per heavy atom. The Labute approximate surface area is 258 Å². The number of pyridine rings is 1. The lowest BCUT2D eigenvalue weighted by Gasteiger charge is -2.40. The summed E-state index contributed by atoms with van der Waals surface area (Å²) < 4.78 is 0. The number of rotatable bonds is 7. The molecule has 1 saturated heterocycles. The molecule has 1 fully saturated rings. The van der Waals surface area contributed by atoms with Crippen molar-refractivity contribution in [2.75, 3.05) is 37.2 Å². The van der Waals surface area contributed by atoms with Crippen LogP contribution in [0.25, 0.3) is 10.9 Å². The SMILES string of the molecule is Cc1nc2ccc(NC(=O)c3ccccc3CN3CCN(C(c4ccccc4)c4ccc(Cl)cc4)CC3)cc2c(N)c1C. The van der Waals surface area contributed by atoms with Gasteiger partial charge in [0, 0.05) is 65.8 Å². The first kappa shape index (κ1) is 28.9. The van der Waals surface area contributed by atoms with Crippen LogP contribution in [0.4, 0.5) is 11.4 Å². The summed E-state index contributed by atoms with van der Waals surface area (Å²) in [4.78, 5) is 23.1. The molecule has 1 aliphatic heterocycles. The van der Waals surface area contributed by atoms with Gasteiger partial charge >= 0.3 is 0 Å². The maximum absolute atomic E-state index is 13.5. The number of hydrogen-bond donors (Lipinski definition) is 2. The van der Waals surface area contributed by atoms with Crippen LogP contribution in [0.3, 0.4) is 0 Å². The fraction of sp³-hybridized carbons (Fsp3) is 0.222. The number of piperazine rings is 1. The highest BCUT2D eigenvalue weighted by molar-refractivity contribution is 6.30. The summed E-state index contributed by atoms with van der Waals surface area (Å²) in [6, 6.07) is 32.6. The van der Waals surface area contributed by atoms with Gasteiger partial charge in [-0.25, -0.2) is 0 Å². The third-order valence-electron chi connectivity index (χ3n) is 8.51. The molecule has 0 bridgehead atoms. The summed E-state index contributed by atoms with van der Waals surface area (Å²) in [6.45, 7) is 8.29. The van der Waals surface area contributed by atoms with Gasteiger partial charge in [-0.2, -0.15) is 0 Å². The number of amides is 1. The smallest absolute Gasteiger partial charge is 0.255 e. The van der Waals surface area contributed by atoms with E-state index in [2.05, 4.69) is 68.6 Å². The predicted octanol–water partition coefficient (Wildman–Crippen LogP) is 7.25. The molecule has 5 aromatic rings. The molecule has 4 aromatic carbocycles. The number of nitrogen functional groups attached to an aromatic ring is 1. The van der Waals surface area contributed by atoms with Crippen LogP contribution in [-0.2, 0) is 6.54 Å². The third-order valence-corrected chi connectivity index (χ3v) is 8.76. The van der Waals surface area contributed by atoms with Crippen LogP contribution in [0, 0.1) is 13.8 Å². The number of fused-ring (bicyclic) bond motifs is 1. The summed E-state index contributed by atoms with van der Waals surface area (Å²) >= 11 is 6.21. The lowest BCUT2D eigenvalue weighted by atomic mass is 9.96. The van der Waals surface area contributed by atoms with Gasteiger partial charge in [0.1, 0.15) is 0 Å². The van der Waals surface area contributed by atoms with E-state index in [1.807, 2.05) is 62.4 Å². The van der Waals surface area contributed by atoms with Crippen molar-refractivity contribution in [3.05, 3.63) is 136 Å². The van der Waals surface area contributed by atoms with Gasteiger partial charge in [0.05, 0.1) is 11.6 Å². The monoisotopic (exact) mass is 589 g/mol. The molecule has 0 saturated carbocycles. The molecule has 3 N–H and O–H groups in total. The molecule has 1 aromatic heterocycles. The Balaban J connectivity index is 1.15. The summed E-state index contributed by atoms with van der Waals surface area (Å²) in [6.07, 6.45) is 0. The van der Waals surface area contributed by atoms with Crippen LogP contribution in [0.15, 0.2) is 97.1 Å². The fourth-order valence-corrected chi connectivity index (χ4v) is 6.11. The highest BCUT2D eigenvalue weighted by atomic mass is 35.5. The predicted molar refractivity (Wildman–Crippen MR) is 177 cm³/mol. The molecule has 0 aliphatic carbocycles. The van der Waals surface area contributed by atoms with Gasteiger partial charge in [-0.1, -0.05) is 72.3 Å². The molecule has 218 valence electrons. The van der Waals surface area contributed by atoms with Crippen molar-refractivity contribution in [2.24, 2.45) is 0 Å². The molecule has 0 spiro atoms. The van der Waals surface area contributed by atoms with Gasteiger partial charge in [-0.05, 0) is 72.5 Å². The number of nitrogens with one attached hydrogen (secondary N) is 1. The Morgan fingerprint density at radius 3 is 2.30 bits per heavy atom. The van der Waals surface area contributed by atoms with E-state index in [1.54, 1.807) is 0 Å². The molecule has 1 atom stereocenters. The van der Waals surface area contributed by atoms with E-state index in [1.165, 1.54) is 11.1 Å². The molecule has 43 heavy (non-hydrogen) atoms. The molecule has 7 heteroatoms. The van der Waals surface area contributed by atoms with Crippen molar-refractivity contribution >= 4 is 39.8 Å². The van der Waals surface area contributed by atoms with Gasteiger partial charge in [0.15, 0.2) is 0 Å². The summed E-state index contributed by atoms with van der Waals surface area (Å²) in [5, 5.41) is 4.69. The van der Waals surface area contributed by atoms with Crippen LogP contribution in [0.5, 0.6) is 0 Å². The van der Waals surface area contributed by atoms with E-state index < -0.39 is 0 Å². The standard InChI is InChI=1S/C36H36ClN5O/c1-24-25(2)39-33-17-16-30(22-32(33)34(24)38)40-36(43)31-11-7-6-10-28(31)23-41-18-20-42(21-19-41)35(26-8-4-3-5-9-26)27-12-14-29(37)15-13-27/h3-17,22,35H,18-21,23H2,1-2H3,(H2,38,39)(H,40,43). The number of aryl methyl sites for hydroxylation is 1. The zero-order valence-electron chi connectivity index (χ0n) is 24.6. The highest BCUT2D eigenvalue weighted by Crippen LogP contribution is 2.31. The Hall–Kier alpha value is -4.23. The molecular formula is C36H36ClN5O. The highest BCUT2D eigenvalue weighted by Gasteiger charge is 2.27. The zero-order valence-corrected chi connectivity index (χ0v) is 25.3. The van der Waals surface area contributed by atoms with Crippen molar-refractivity contribution in [3.63, 3.8) is 0 Å². The van der Waals surface area contributed by atoms with Gasteiger partial charge in [0.25, 0.3) is 5.91 Å². The van der Waals surface area contributed by atoms with Gasteiger partial charge < -0.3 is 11.1 Å². The van der Waals surface area contributed by atoms with E-state index in [0.29, 0.717) is 23.5 Å². The minimum absolute atomic E-state index is 0.129. The molecule has 2 heterocycles. The lowest BCUT2D eigenvalue weighted by Crippen LogP contribution is -2.47. The van der Waals surface area contributed by atoms with E-state index in [0.717, 1.165) is 58.9 Å². The second-order valence-electron chi connectivity index (χ2n) is 11.3. The average Bonchev–Trinajstić information content (AvgIpc) is 3.03. The number of anilines is 2. The van der Waals surface area contributed by atoms with Crippen LogP contribution in [-0.4, -0.2) is 46.9 Å². The average molecular weight is 590 g/mol. The van der Waals surface area contributed by atoms with Gasteiger partial charge in [-0.3, -0.25) is 19.6 Å². The maximum atomic E-state index is 13.5. The first-order chi connectivity index (χ1) is 20.9. The number of carbonyl (C=O) groups is 1. The number of halogens is 1. The van der Waals surface area contributed by atoms with Crippen molar-refractivity contribution in [3.8, 4) is 0 Å². The number of benzene rings is 4. The van der Waals surface area contributed by atoms with Gasteiger partial charge in [0.2, 0.25) is 0 Å². The molecule has 0 radical (unpaired) electrons. The molecule has 1 unspecified atom stereocenters. The summed E-state index contributed by atoms with van der Waals surface area (Å²) in [5.74, 6) is -0.129. The molecular weight excluding hydrogens is 554 g/mol. The number of nitrogens with zero attached hydrogens (tertiary/aromatic N) is 3. The van der Waals surface area contributed by atoms with E-state index in [9.17, 15) is 4.79 Å². The van der Waals surface area contributed by atoms with Crippen molar-refractivity contribution in [1.82, 2.24) is 14.8 Å². The van der Waals surface area contributed by atoms with Crippen molar-refractivity contribution in [2.45, 2.75) is 26.4 Å². The van der Waals surface area contributed by atoms with Gasteiger partial charge in [-0.15, -0.1) is 0 Å². The number of carbonyl (C=O) groups excluding carboxylic acids is 1. The second-order valence-corrected chi connectivity index (χ2v) is 11.7. The normalized spacial score (nSPS) is 15.0. The quantitative estimate of drug-likeness (QED) is 0.209. The van der Waals surface area contributed by atoms with Crippen LogP contribution >= 0.6 is 11.6 Å². The first-order valence-corrected chi connectivity index (χ1v) is 15.1. The maximum Gasteiger partial charge on any atom is 0.255 e. The topological polar surface area (TPSA) is 74.5 Å². The van der Waals surface area contributed by atoms with E-state index in [-0.39, 0.29) is 11.9 Å². The zero-order chi connectivity index (χ0) is 29.9. The minimum atomic E-state index is -0.129. The Kier molecular flexibility index (Phi) is 8.43. The largest absolute Gasteiger partial charge is 0.398 e. The molecule has 6 rings (SSSR count). The second kappa shape index (κ2) is 12.6. The summed E-state index contributed by atoms with van der Waals surface area (Å²) in [5.41, 5.74) is 14.7. The number of hydrogen-bond acceptors (Lipinski definition) is 5. The number of nitrogens with two attached hydrogens (primary N) is 1. The Morgan fingerprint density at radius 1 is 0.884 bits per heavy atom. The van der Waals surface area contributed by atoms with Crippen LogP contribution in [0.1, 0.15) is 44.3 Å². The molecule has 6 nitrogen and oxygen atoms in total. The van der Waals surface area contributed by atoms with E-state index >= 15 is 0 Å². The Bertz CT molecular complexity index is 1750. The van der Waals surface area contributed by atoms with Crippen molar-refractivity contribution < 1.29 is 4.79 Å². The third kappa shape index (κ3) is 6.27. The molecule has 1 aliphatic rings. The lowest BCUT2D eigenvalue weighted by molar-refractivity contribution is 0.0999. The van der Waals surface area contributed by atoms with Crippen LogP contribution < -0.4 is 11.1 Å². The first-order valence-electron chi connectivity index (χ1n) is 14.7.